The van der Waals surface area contributed by atoms with E-state index in [0.29, 0.717) is 18.2 Å². The lowest BCUT2D eigenvalue weighted by atomic mass is 9.99. The molecular formula is C23H32FN3O2. The number of halogens is 1. The van der Waals surface area contributed by atoms with Gasteiger partial charge in [0.05, 0.1) is 0 Å². The number of nitrogens with one attached hydrogen (secondary N) is 3. The number of carbonyl (C=O) groups is 1. The Labute approximate surface area is 173 Å². The fourth-order valence-corrected chi connectivity index (χ4v) is 2.93. The predicted molar refractivity (Wildman–Crippen MR) is 118 cm³/mol. The van der Waals surface area contributed by atoms with E-state index in [1.165, 1.54) is 12.1 Å². The number of hydrogen-bond acceptors (Lipinski definition) is 4. The Kier molecular flexibility index (Phi) is 7.88. The summed E-state index contributed by atoms with van der Waals surface area (Å²) in [4.78, 5) is 12.3. The van der Waals surface area contributed by atoms with Gasteiger partial charge in [-0.1, -0.05) is 6.07 Å². The zero-order valence-corrected chi connectivity index (χ0v) is 17.9. The molecule has 0 aromatic heterocycles. The maximum atomic E-state index is 13.0. The van der Waals surface area contributed by atoms with Crippen molar-refractivity contribution in [3.8, 4) is 0 Å². The number of carbonyl (C=O) groups excluding carboxylic acids is 1. The Bertz CT molecular complexity index is 791. The van der Waals surface area contributed by atoms with Gasteiger partial charge in [-0.25, -0.2) is 9.18 Å². The van der Waals surface area contributed by atoms with E-state index < -0.39 is 11.7 Å². The Morgan fingerprint density at radius 3 is 2.31 bits per heavy atom. The lowest BCUT2D eigenvalue weighted by Crippen LogP contribution is -2.32. The minimum Gasteiger partial charge on any atom is -0.443 e. The summed E-state index contributed by atoms with van der Waals surface area (Å²) in [7, 11) is 0. The van der Waals surface area contributed by atoms with Gasteiger partial charge in [-0.3, -0.25) is 5.32 Å². The van der Waals surface area contributed by atoms with Crippen LogP contribution in [-0.4, -0.2) is 23.8 Å². The monoisotopic (exact) mass is 401 g/mol. The van der Waals surface area contributed by atoms with Crippen molar-refractivity contribution in [3.63, 3.8) is 0 Å². The molecule has 0 aliphatic rings. The van der Waals surface area contributed by atoms with Crippen molar-refractivity contribution in [2.75, 3.05) is 16.0 Å². The van der Waals surface area contributed by atoms with Gasteiger partial charge in [-0.15, -0.1) is 0 Å². The second kappa shape index (κ2) is 10.1. The quantitative estimate of drug-likeness (QED) is 0.464. The summed E-state index contributed by atoms with van der Waals surface area (Å²) in [5.74, 6) is -0.255. The van der Waals surface area contributed by atoms with E-state index in [9.17, 15) is 9.18 Å². The molecule has 2 rings (SSSR count). The van der Waals surface area contributed by atoms with Crippen LogP contribution < -0.4 is 16.0 Å². The van der Waals surface area contributed by atoms with Crippen LogP contribution in [0.25, 0.3) is 0 Å². The van der Waals surface area contributed by atoms with Crippen LogP contribution in [-0.2, 0) is 4.74 Å². The Balaban J connectivity index is 1.81. The fourth-order valence-electron chi connectivity index (χ4n) is 2.93. The van der Waals surface area contributed by atoms with E-state index in [2.05, 4.69) is 29.8 Å². The summed E-state index contributed by atoms with van der Waals surface area (Å²) in [5.41, 5.74) is 1.88. The first kappa shape index (κ1) is 22.5. The molecule has 5 nitrogen and oxygen atoms in total. The first-order valence-electron chi connectivity index (χ1n) is 10.0. The van der Waals surface area contributed by atoms with Crippen molar-refractivity contribution in [3.05, 3.63) is 54.3 Å². The normalized spacial score (nSPS) is 12.4. The summed E-state index contributed by atoms with van der Waals surface area (Å²) in [6, 6.07) is 14.3. The largest absolute Gasteiger partial charge is 0.443 e. The molecule has 158 valence electrons. The highest BCUT2D eigenvalue weighted by atomic mass is 19.1. The molecule has 0 aliphatic heterocycles. The van der Waals surface area contributed by atoms with Crippen LogP contribution in [0.5, 0.6) is 0 Å². The molecule has 1 unspecified atom stereocenters. The third-order valence-corrected chi connectivity index (χ3v) is 4.37. The minimum absolute atomic E-state index is 0.158. The van der Waals surface area contributed by atoms with Gasteiger partial charge in [0, 0.05) is 29.1 Å². The second-order valence-corrected chi connectivity index (χ2v) is 8.25. The molecule has 1 atom stereocenters. The van der Waals surface area contributed by atoms with Crippen molar-refractivity contribution >= 4 is 23.2 Å². The van der Waals surface area contributed by atoms with Gasteiger partial charge >= 0.3 is 6.09 Å². The highest BCUT2D eigenvalue weighted by molar-refractivity contribution is 5.85. The molecule has 0 aliphatic carbocycles. The van der Waals surface area contributed by atoms with E-state index in [-0.39, 0.29) is 11.9 Å². The van der Waals surface area contributed by atoms with Crippen molar-refractivity contribution in [1.29, 1.82) is 0 Å². The zero-order valence-electron chi connectivity index (χ0n) is 17.9. The molecular weight excluding hydrogens is 369 g/mol. The molecule has 0 saturated heterocycles. The van der Waals surface area contributed by atoms with Crippen molar-refractivity contribution < 1.29 is 13.9 Å². The number of ether oxygens (including phenoxy) is 1. The lowest BCUT2D eigenvalue weighted by molar-refractivity contribution is 0.0401. The molecule has 0 bridgehead atoms. The van der Waals surface area contributed by atoms with Crippen molar-refractivity contribution in [2.24, 2.45) is 0 Å². The molecule has 3 N–H and O–H groups in total. The Morgan fingerprint density at radius 1 is 1.00 bits per heavy atom. The summed E-state index contributed by atoms with van der Waals surface area (Å²) in [5, 5.41) is 9.42. The number of benzene rings is 2. The van der Waals surface area contributed by atoms with Crippen LogP contribution in [0.1, 0.15) is 47.5 Å². The van der Waals surface area contributed by atoms with Gasteiger partial charge in [0.2, 0.25) is 0 Å². The van der Waals surface area contributed by atoms with Crippen LogP contribution >= 0.6 is 0 Å². The zero-order chi connectivity index (χ0) is 21.4. The smallest absolute Gasteiger partial charge is 0.412 e. The number of hydrogen-bond donors (Lipinski definition) is 3. The Morgan fingerprint density at radius 2 is 1.66 bits per heavy atom. The highest BCUT2D eigenvalue weighted by Crippen LogP contribution is 2.22. The maximum absolute atomic E-state index is 13.0. The van der Waals surface area contributed by atoms with Gasteiger partial charge in [0.15, 0.2) is 0 Å². The molecule has 2 aromatic carbocycles. The topological polar surface area (TPSA) is 62.4 Å². The van der Waals surface area contributed by atoms with E-state index in [1.807, 2.05) is 45.0 Å². The second-order valence-electron chi connectivity index (χ2n) is 8.25. The van der Waals surface area contributed by atoms with Crippen LogP contribution in [0, 0.1) is 5.82 Å². The summed E-state index contributed by atoms with van der Waals surface area (Å²) < 4.78 is 18.6. The molecule has 0 saturated carbocycles. The van der Waals surface area contributed by atoms with E-state index in [4.69, 9.17) is 4.74 Å². The summed E-state index contributed by atoms with van der Waals surface area (Å²) in [6.07, 6.45) is 1.01. The van der Waals surface area contributed by atoms with Crippen LogP contribution in [0.2, 0.25) is 0 Å². The third kappa shape index (κ3) is 8.42. The first-order valence-corrected chi connectivity index (χ1v) is 10.0. The average molecular weight is 402 g/mol. The van der Waals surface area contributed by atoms with Crippen LogP contribution in [0.4, 0.5) is 26.2 Å². The number of amides is 1. The van der Waals surface area contributed by atoms with Crippen molar-refractivity contribution in [2.45, 2.75) is 65.1 Å². The lowest BCUT2D eigenvalue weighted by Gasteiger charge is -2.27. The van der Waals surface area contributed by atoms with Gasteiger partial charge in [0.25, 0.3) is 0 Å². The molecule has 0 fully saturated rings. The molecule has 6 heteroatoms. The molecule has 0 heterocycles. The number of rotatable bonds is 9. The molecule has 29 heavy (non-hydrogen) atoms. The van der Waals surface area contributed by atoms with Gasteiger partial charge in [-0.2, -0.15) is 0 Å². The first-order chi connectivity index (χ1) is 13.6. The third-order valence-electron chi connectivity index (χ3n) is 4.37. The standard InChI is InChI=1S/C23H32FN3O2/c1-16(2)25-20-7-6-8-21(15-20)27-22(28)29-23(4,5)14-13-17(3)26-19-11-9-18(24)10-12-19/h6-12,15-17,25-26H,13-14H2,1-5H3,(H,27,28). The average Bonchev–Trinajstić information content (AvgIpc) is 2.61. The van der Waals surface area contributed by atoms with Crippen molar-refractivity contribution in [1.82, 2.24) is 0 Å². The van der Waals surface area contributed by atoms with E-state index >= 15 is 0 Å². The summed E-state index contributed by atoms with van der Waals surface area (Å²) in [6.45, 7) is 9.96. The highest BCUT2D eigenvalue weighted by Gasteiger charge is 2.24. The van der Waals surface area contributed by atoms with Crippen LogP contribution in [0.15, 0.2) is 48.5 Å². The van der Waals surface area contributed by atoms with E-state index in [1.54, 1.807) is 12.1 Å². The van der Waals surface area contributed by atoms with E-state index in [0.717, 1.165) is 17.8 Å². The maximum Gasteiger partial charge on any atom is 0.412 e. The molecule has 2 aromatic rings. The molecule has 0 radical (unpaired) electrons. The molecule has 0 spiro atoms. The Hall–Kier alpha value is -2.76. The predicted octanol–water partition coefficient (Wildman–Crippen LogP) is 6.25. The van der Waals surface area contributed by atoms with Crippen LogP contribution in [0.3, 0.4) is 0 Å². The SMILES string of the molecule is CC(C)Nc1cccc(NC(=O)OC(C)(C)CCC(C)Nc2ccc(F)cc2)c1. The van der Waals surface area contributed by atoms with Gasteiger partial charge in [-0.05, 0) is 89.9 Å². The fraction of sp³-hybridized carbons (Fsp3) is 0.435. The summed E-state index contributed by atoms with van der Waals surface area (Å²) >= 11 is 0. The number of anilines is 3. The van der Waals surface area contributed by atoms with Gasteiger partial charge < -0.3 is 15.4 Å². The minimum atomic E-state index is -0.614. The molecule has 1 amide bonds. The van der Waals surface area contributed by atoms with Gasteiger partial charge in [0.1, 0.15) is 11.4 Å².